The van der Waals surface area contributed by atoms with Gasteiger partial charge in [-0.05, 0) is 25.8 Å². The van der Waals surface area contributed by atoms with Gasteiger partial charge in [-0.25, -0.2) is 4.98 Å². The summed E-state index contributed by atoms with van der Waals surface area (Å²) in [7, 11) is 3.46. The molecule has 0 bridgehead atoms. The minimum absolute atomic E-state index is 0. The normalized spacial score (nSPS) is 20.4. The van der Waals surface area contributed by atoms with Crippen LogP contribution < -0.4 is 15.4 Å². The Morgan fingerprint density at radius 1 is 1.37 bits per heavy atom. The van der Waals surface area contributed by atoms with E-state index >= 15 is 0 Å². The average molecular weight is 491 g/mol. The van der Waals surface area contributed by atoms with Crippen molar-refractivity contribution in [1.29, 1.82) is 0 Å². The van der Waals surface area contributed by atoms with Gasteiger partial charge < -0.3 is 20.1 Å². The lowest BCUT2D eigenvalue weighted by molar-refractivity contribution is 0.143. The lowest BCUT2D eigenvalue weighted by Gasteiger charge is -2.22. The molecule has 1 saturated heterocycles. The van der Waals surface area contributed by atoms with Crippen LogP contribution in [0, 0.1) is 5.92 Å². The molecular formula is C19H34IN5O2. The highest BCUT2D eigenvalue weighted by molar-refractivity contribution is 14.0. The molecule has 1 aliphatic rings. The number of halogens is 1. The molecule has 27 heavy (non-hydrogen) atoms. The zero-order chi connectivity index (χ0) is 18.9. The van der Waals surface area contributed by atoms with E-state index in [1.165, 1.54) is 0 Å². The number of aromatic nitrogens is 1. The highest BCUT2D eigenvalue weighted by Gasteiger charge is 2.31. The molecule has 2 heterocycles. The van der Waals surface area contributed by atoms with Crippen molar-refractivity contribution >= 4 is 29.9 Å². The summed E-state index contributed by atoms with van der Waals surface area (Å²) < 4.78 is 10.7. The Morgan fingerprint density at radius 2 is 2.15 bits per heavy atom. The number of aliphatic imine (C=N–C) groups is 1. The van der Waals surface area contributed by atoms with Crippen molar-refractivity contribution in [2.75, 3.05) is 40.5 Å². The predicted octanol–water partition coefficient (Wildman–Crippen LogP) is 2.12. The van der Waals surface area contributed by atoms with Gasteiger partial charge in [0.2, 0.25) is 5.88 Å². The van der Waals surface area contributed by atoms with E-state index in [9.17, 15) is 0 Å². The van der Waals surface area contributed by atoms with Crippen molar-refractivity contribution in [3.63, 3.8) is 0 Å². The fourth-order valence-corrected chi connectivity index (χ4v) is 3.07. The fourth-order valence-electron chi connectivity index (χ4n) is 3.07. The molecule has 2 N–H and O–H groups in total. The Morgan fingerprint density at radius 3 is 2.78 bits per heavy atom. The largest absolute Gasteiger partial charge is 0.475 e. The number of pyridine rings is 1. The lowest BCUT2D eigenvalue weighted by Crippen LogP contribution is -2.46. The first-order chi connectivity index (χ1) is 12.5. The van der Waals surface area contributed by atoms with Gasteiger partial charge in [0.05, 0.1) is 6.61 Å². The monoisotopic (exact) mass is 491 g/mol. The molecule has 1 aromatic rings. The van der Waals surface area contributed by atoms with E-state index in [1.54, 1.807) is 20.4 Å². The first kappa shape index (κ1) is 23.9. The van der Waals surface area contributed by atoms with Gasteiger partial charge in [0.1, 0.15) is 6.61 Å². The van der Waals surface area contributed by atoms with Gasteiger partial charge in [0.15, 0.2) is 5.96 Å². The number of hydrogen-bond acceptors (Lipinski definition) is 5. The highest BCUT2D eigenvalue weighted by atomic mass is 127. The first-order valence-corrected chi connectivity index (χ1v) is 9.32. The molecule has 1 aromatic heterocycles. The molecule has 0 spiro atoms. The molecule has 7 nitrogen and oxygen atoms in total. The van der Waals surface area contributed by atoms with Gasteiger partial charge in [-0.15, -0.1) is 24.0 Å². The van der Waals surface area contributed by atoms with Crippen LogP contribution in [0.1, 0.15) is 26.3 Å². The van der Waals surface area contributed by atoms with Crippen LogP contribution in [0.3, 0.4) is 0 Å². The number of ether oxygens (including phenoxy) is 2. The predicted molar refractivity (Wildman–Crippen MR) is 120 cm³/mol. The second kappa shape index (κ2) is 12.4. The van der Waals surface area contributed by atoms with Gasteiger partial charge in [-0.2, -0.15) is 0 Å². The number of methoxy groups -OCH3 is 1. The number of nitrogens with one attached hydrogen (secondary N) is 2. The molecule has 8 heteroatoms. The van der Waals surface area contributed by atoms with Gasteiger partial charge in [0, 0.05) is 57.6 Å². The summed E-state index contributed by atoms with van der Waals surface area (Å²) in [5.41, 5.74) is 0.995. The molecule has 154 valence electrons. The van der Waals surface area contributed by atoms with Crippen molar-refractivity contribution < 1.29 is 9.47 Å². The number of likely N-dealkylation sites (tertiary alicyclic amines) is 1. The van der Waals surface area contributed by atoms with Crippen molar-refractivity contribution in [3.05, 3.63) is 23.9 Å². The molecule has 1 aliphatic heterocycles. The molecular weight excluding hydrogens is 457 g/mol. The van der Waals surface area contributed by atoms with E-state index < -0.39 is 0 Å². The smallest absolute Gasteiger partial charge is 0.218 e. The summed E-state index contributed by atoms with van der Waals surface area (Å²) in [5, 5.41) is 6.94. The van der Waals surface area contributed by atoms with Gasteiger partial charge in [-0.1, -0.05) is 13.0 Å². The third-order valence-corrected chi connectivity index (χ3v) is 4.74. The Kier molecular flexibility index (Phi) is 10.9. The Balaban J connectivity index is 0.00000364. The standard InChI is InChI=1S/C19H33N5O2.HI/c1-14(2)24-12-15(3)17(13-24)23-19(20-4)22-11-16-7-6-8-21-18(16)26-10-9-25-5;/h6-8,14-15,17H,9-13H2,1-5H3,(H2,20,22,23);1H. The molecule has 2 unspecified atom stereocenters. The van der Waals surface area contributed by atoms with Crippen molar-refractivity contribution in [1.82, 2.24) is 20.5 Å². The SMILES string of the molecule is CN=C(NCc1cccnc1OCCOC)NC1CN(C(C)C)CC1C.I. The van der Waals surface area contributed by atoms with Crippen LogP contribution in [0.2, 0.25) is 0 Å². The number of nitrogens with zero attached hydrogens (tertiary/aromatic N) is 3. The molecule has 2 atom stereocenters. The molecule has 0 radical (unpaired) electrons. The number of rotatable bonds is 8. The third-order valence-electron chi connectivity index (χ3n) is 4.74. The summed E-state index contributed by atoms with van der Waals surface area (Å²) in [6.07, 6.45) is 1.74. The Bertz CT molecular complexity index is 585. The van der Waals surface area contributed by atoms with Crippen LogP contribution in [0.5, 0.6) is 5.88 Å². The first-order valence-electron chi connectivity index (χ1n) is 9.32. The second-order valence-corrected chi connectivity index (χ2v) is 7.01. The van der Waals surface area contributed by atoms with Crippen LogP contribution in [-0.4, -0.2) is 68.4 Å². The zero-order valence-electron chi connectivity index (χ0n) is 17.1. The van der Waals surface area contributed by atoms with E-state index in [0.717, 1.165) is 24.6 Å². The van der Waals surface area contributed by atoms with Gasteiger partial charge in [-0.3, -0.25) is 9.89 Å². The van der Waals surface area contributed by atoms with E-state index in [1.807, 2.05) is 12.1 Å². The summed E-state index contributed by atoms with van der Waals surface area (Å²) in [4.78, 5) is 11.2. The molecule has 0 amide bonds. The maximum absolute atomic E-state index is 5.69. The number of guanidine groups is 1. The second-order valence-electron chi connectivity index (χ2n) is 7.01. The summed E-state index contributed by atoms with van der Waals surface area (Å²) in [5.74, 6) is 2.02. The minimum atomic E-state index is 0. The maximum Gasteiger partial charge on any atom is 0.218 e. The molecule has 1 fully saturated rings. The number of hydrogen-bond donors (Lipinski definition) is 2. The van der Waals surface area contributed by atoms with Gasteiger partial charge in [0.25, 0.3) is 0 Å². The molecule has 2 rings (SSSR count). The quantitative estimate of drug-likeness (QED) is 0.251. The summed E-state index contributed by atoms with van der Waals surface area (Å²) >= 11 is 0. The Labute approximate surface area is 180 Å². The molecule has 0 saturated carbocycles. The van der Waals surface area contributed by atoms with Crippen molar-refractivity contribution in [2.24, 2.45) is 10.9 Å². The van der Waals surface area contributed by atoms with Crippen LogP contribution in [0.25, 0.3) is 0 Å². The van der Waals surface area contributed by atoms with Crippen LogP contribution in [0.15, 0.2) is 23.3 Å². The summed E-state index contributed by atoms with van der Waals surface area (Å²) in [6.45, 7) is 10.6. The van der Waals surface area contributed by atoms with E-state index in [0.29, 0.717) is 43.6 Å². The molecule has 0 aliphatic carbocycles. The van der Waals surface area contributed by atoms with Crippen LogP contribution in [-0.2, 0) is 11.3 Å². The highest BCUT2D eigenvalue weighted by Crippen LogP contribution is 2.19. The van der Waals surface area contributed by atoms with Crippen molar-refractivity contribution in [2.45, 2.75) is 39.4 Å². The fraction of sp³-hybridized carbons (Fsp3) is 0.684. The topological polar surface area (TPSA) is 71.0 Å². The maximum atomic E-state index is 5.69. The Hall–Kier alpha value is -1.13. The van der Waals surface area contributed by atoms with E-state index in [4.69, 9.17) is 9.47 Å². The van der Waals surface area contributed by atoms with Gasteiger partial charge >= 0.3 is 0 Å². The summed E-state index contributed by atoms with van der Waals surface area (Å²) in [6, 6.07) is 4.89. The minimum Gasteiger partial charge on any atom is -0.475 e. The third kappa shape index (κ3) is 7.42. The average Bonchev–Trinajstić information content (AvgIpc) is 3.00. The zero-order valence-corrected chi connectivity index (χ0v) is 19.4. The lowest BCUT2D eigenvalue weighted by atomic mass is 10.1. The van der Waals surface area contributed by atoms with Crippen LogP contribution >= 0.6 is 24.0 Å². The van der Waals surface area contributed by atoms with Crippen molar-refractivity contribution in [3.8, 4) is 5.88 Å². The van der Waals surface area contributed by atoms with Crippen LogP contribution in [0.4, 0.5) is 0 Å². The molecule has 0 aromatic carbocycles. The van der Waals surface area contributed by atoms with E-state index in [-0.39, 0.29) is 24.0 Å². The van der Waals surface area contributed by atoms with E-state index in [2.05, 4.69) is 46.3 Å².